The van der Waals surface area contributed by atoms with Gasteiger partial charge in [-0.3, -0.25) is 9.80 Å². The summed E-state index contributed by atoms with van der Waals surface area (Å²) in [7, 11) is 0. The lowest BCUT2D eigenvalue weighted by molar-refractivity contribution is 0.284. The van der Waals surface area contributed by atoms with E-state index in [2.05, 4.69) is 35.8 Å². The van der Waals surface area contributed by atoms with Gasteiger partial charge in [-0.15, -0.1) is 0 Å². The molecule has 0 bridgehead atoms. The number of fused-ring (bicyclic) bond motifs is 2. The third-order valence-corrected chi connectivity index (χ3v) is 4.08. The Morgan fingerprint density at radius 1 is 0.824 bits per heavy atom. The first-order valence-corrected chi connectivity index (χ1v) is 6.88. The minimum absolute atomic E-state index is 1.16. The molecule has 17 heavy (non-hydrogen) atoms. The Kier molecular flexibility index (Phi) is 2.93. The van der Waals surface area contributed by atoms with E-state index in [1.165, 1.54) is 32.6 Å². The van der Waals surface area contributed by atoms with Gasteiger partial charge in [0.2, 0.25) is 0 Å². The van der Waals surface area contributed by atoms with Crippen LogP contribution in [0, 0.1) is 0 Å². The smallest absolute Gasteiger partial charge is 0.0240 e. The van der Waals surface area contributed by atoms with Crippen LogP contribution >= 0.6 is 0 Å². The summed E-state index contributed by atoms with van der Waals surface area (Å²) in [5, 5.41) is 0. The van der Waals surface area contributed by atoms with Crippen LogP contribution in [0.3, 0.4) is 0 Å². The predicted octanol–water partition coefficient (Wildman–Crippen LogP) is 2.75. The van der Waals surface area contributed by atoms with E-state index < -0.39 is 0 Å². The molecule has 92 valence electrons. The number of rotatable bonds is 3. The van der Waals surface area contributed by atoms with Crippen LogP contribution in [0.2, 0.25) is 0 Å². The highest BCUT2D eigenvalue weighted by Crippen LogP contribution is 2.30. The zero-order chi connectivity index (χ0) is 11.8. The third kappa shape index (κ3) is 2.00. The van der Waals surface area contributed by atoms with Gasteiger partial charge in [-0.25, -0.2) is 0 Å². The van der Waals surface area contributed by atoms with Crippen LogP contribution in [-0.4, -0.2) is 22.9 Å². The van der Waals surface area contributed by atoms with Crippen molar-refractivity contribution in [1.29, 1.82) is 0 Å². The van der Waals surface area contributed by atoms with Crippen molar-refractivity contribution in [2.24, 2.45) is 0 Å². The zero-order valence-electron chi connectivity index (χ0n) is 11.0. The van der Waals surface area contributed by atoms with E-state index in [-0.39, 0.29) is 0 Å². The summed E-state index contributed by atoms with van der Waals surface area (Å²) < 4.78 is 0. The lowest BCUT2D eigenvalue weighted by Gasteiger charge is -2.12. The normalized spacial score (nSPS) is 19.6. The molecule has 0 fully saturated rings. The summed E-state index contributed by atoms with van der Waals surface area (Å²) in [5.41, 5.74) is 6.30. The molecule has 0 unspecified atom stereocenters. The Labute approximate surface area is 104 Å². The van der Waals surface area contributed by atoms with Gasteiger partial charge >= 0.3 is 0 Å². The summed E-state index contributed by atoms with van der Waals surface area (Å²) >= 11 is 0. The van der Waals surface area contributed by atoms with Crippen molar-refractivity contribution in [1.82, 2.24) is 9.80 Å². The lowest BCUT2D eigenvalue weighted by atomic mass is 10.0. The largest absolute Gasteiger partial charge is 0.295 e. The Balaban J connectivity index is 1.82. The Morgan fingerprint density at radius 3 is 1.71 bits per heavy atom. The standard InChI is InChI=1S/C15H22N2/c1-3-5-17-10-14-6-12-8-16(4-2)9-13(12)7-15(14)11-17/h6-7H,3-5,8-11H2,1-2H3. The zero-order valence-corrected chi connectivity index (χ0v) is 11.0. The second-order valence-corrected chi connectivity index (χ2v) is 5.40. The summed E-state index contributed by atoms with van der Waals surface area (Å²) in [6.45, 7) is 11.6. The molecule has 0 N–H and O–H groups in total. The average Bonchev–Trinajstić information content (AvgIpc) is 2.87. The van der Waals surface area contributed by atoms with Gasteiger partial charge in [-0.1, -0.05) is 26.0 Å². The maximum absolute atomic E-state index is 2.57. The number of benzene rings is 1. The predicted molar refractivity (Wildman–Crippen MR) is 70.6 cm³/mol. The maximum atomic E-state index is 2.57. The van der Waals surface area contributed by atoms with Gasteiger partial charge < -0.3 is 0 Å². The highest BCUT2D eigenvalue weighted by Gasteiger charge is 2.24. The Morgan fingerprint density at radius 2 is 1.29 bits per heavy atom. The molecule has 0 saturated carbocycles. The van der Waals surface area contributed by atoms with E-state index in [1.807, 2.05) is 0 Å². The van der Waals surface area contributed by atoms with Gasteiger partial charge in [0.15, 0.2) is 0 Å². The van der Waals surface area contributed by atoms with Crippen LogP contribution in [0.5, 0.6) is 0 Å². The first-order valence-electron chi connectivity index (χ1n) is 6.88. The quantitative estimate of drug-likeness (QED) is 0.788. The second kappa shape index (κ2) is 4.43. The highest BCUT2D eigenvalue weighted by molar-refractivity contribution is 5.42. The lowest BCUT2D eigenvalue weighted by Crippen LogP contribution is -2.17. The van der Waals surface area contributed by atoms with Gasteiger partial charge in [-0.05, 0) is 41.8 Å². The molecule has 0 radical (unpaired) electrons. The highest BCUT2D eigenvalue weighted by atomic mass is 15.1. The van der Waals surface area contributed by atoms with E-state index in [9.17, 15) is 0 Å². The SMILES string of the molecule is CCCN1Cc2cc3c(cc2C1)CN(CC)C3. The Hall–Kier alpha value is -0.860. The third-order valence-electron chi connectivity index (χ3n) is 4.08. The van der Waals surface area contributed by atoms with Crippen molar-refractivity contribution >= 4 is 0 Å². The van der Waals surface area contributed by atoms with Gasteiger partial charge in [0.05, 0.1) is 0 Å². The minimum Gasteiger partial charge on any atom is -0.295 e. The van der Waals surface area contributed by atoms with E-state index >= 15 is 0 Å². The molecule has 2 heterocycles. The first-order chi connectivity index (χ1) is 8.30. The Bertz CT molecular complexity index is 390. The molecule has 0 saturated heterocycles. The molecule has 2 aliphatic rings. The fourth-order valence-electron chi connectivity index (χ4n) is 3.15. The summed E-state index contributed by atoms with van der Waals surface area (Å²) in [6.07, 6.45) is 1.26. The van der Waals surface area contributed by atoms with Crippen LogP contribution < -0.4 is 0 Å². The molecule has 2 heteroatoms. The van der Waals surface area contributed by atoms with Crippen molar-refractivity contribution in [3.63, 3.8) is 0 Å². The topological polar surface area (TPSA) is 6.48 Å². The number of nitrogens with zero attached hydrogens (tertiary/aromatic N) is 2. The molecule has 0 aromatic heterocycles. The molecule has 2 nitrogen and oxygen atoms in total. The van der Waals surface area contributed by atoms with Crippen LogP contribution in [-0.2, 0) is 26.2 Å². The van der Waals surface area contributed by atoms with Gasteiger partial charge in [0.25, 0.3) is 0 Å². The van der Waals surface area contributed by atoms with E-state index in [0.29, 0.717) is 0 Å². The fourth-order valence-corrected chi connectivity index (χ4v) is 3.15. The molecule has 0 aliphatic carbocycles. The van der Waals surface area contributed by atoms with Crippen molar-refractivity contribution in [2.75, 3.05) is 13.1 Å². The first kappa shape index (κ1) is 11.2. The molecule has 1 aromatic rings. The molecule has 0 amide bonds. The molecular weight excluding hydrogens is 208 g/mol. The van der Waals surface area contributed by atoms with E-state index in [4.69, 9.17) is 0 Å². The molecule has 0 spiro atoms. The van der Waals surface area contributed by atoms with Crippen LogP contribution in [0.4, 0.5) is 0 Å². The summed E-state index contributed by atoms with van der Waals surface area (Å²) in [6, 6.07) is 4.94. The fraction of sp³-hybridized carbons (Fsp3) is 0.600. The monoisotopic (exact) mass is 230 g/mol. The van der Waals surface area contributed by atoms with E-state index in [0.717, 1.165) is 13.1 Å². The van der Waals surface area contributed by atoms with Crippen LogP contribution in [0.1, 0.15) is 42.5 Å². The van der Waals surface area contributed by atoms with E-state index in [1.54, 1.807) is 22.3 Å². The van der Waals surface area contributed by atoms with Crippen molar-refractivity contribution in [3.8, 4) is 0 Å². The average molecular weight is 230 g/mol. The van der Waals surface area contributed by atoms with Gasteiger partial charge in [0.1, 0.15) is 0 Å². The molecule has 1 aromatic carbocycles. The summed E-state index contributed by atoms with van der Waals surface area (Å²) in [4.78, 5) is 5.08. The van der Waals surface area contributed by atoms with Crippen LogP contribution in [0.15, 0.2) is 12.1 Å². The van der Waals surface area contributed by atoms with Gasteiger partial charge in [0, 0.05) is 26.2 Å². The van der Waals surface area contributed by atoms with Crippen molar-refractivity contribution in [3.05, 3.63) is 34.4 Å². The molecule has 3 rings (SSSR count). The molecule has 0 atom stereocenters. The molecule has 2 aliphatic heterocycles. The minimum atomic E-state index is 1.16. The van der Waals surface area contributed by atoms with Gasteiger partial charge in [-0.2, -0.15) is 0 Å². The maximum Gasteiger partial charge on any atom is 0.0240 e. The van der Waals surface area contributed by atoms with Crippen molar-refractivity contribution < 1.29 is 0 Å². The summed E-state index contributed by atoms with van der Waals surface area (Å²) in [5.74, 6) is 0. The number of hydrogen-bond acceptors (Lipinski definition) is 2. The number of hydrogen-bond donors (Lipinski definition) is 0. The van der Waals surface area contributed by atoms with Crippen molar-refractivity contribution in [2.45, 2.75) is 46.4 Å². The van der Waals surface area contributed by atoms with Crippen LogP contribution in [0.25, 0.3) is 0 Å². The second-order valence-electron chi connectivity index (χ2n) is 5.40. The molecular formula is C15H22N2.